The first-order valence-electron chi connectivity index (χ1n) is 18.3. The fourth-order valence-corrected chi connectivity index (χ4v) is 9.17. The van der Waals surface area contributed by atoms with Crippen LogP contribution >= 0.6 is 0 Å². The second kappa shape index (κ2) is 10.8. The molecular weight excluding hydrogens is 627 g/mol. The standard InChI is InChI=1S/C51H35N/c1-51(2)45-30-38(32-20-24-42(25-21-32)52(40-12-5-3-6-13-40)41-14-7-4-8-15-41)28-36-18-19-37-29-39(31-46(51)50(37)49(36)45)43-26-22-35-17-16-33-10-9-11-34-23-27-44(43)48(35)47(33)34/h3-31H,1-2H3. The van der Waals surface area contributed by atoms with E-state index in [1.54, 1.807) is 0 Å². The molecule has 0 unspecified atom stereocenters. The van der Waals surface area contributed by atoms with E-state index in [4.69, 9.17) is 0 Å². The van der Waals surface area contributed by atoms with Crippen LogP contribution in [0.1, 0.15) is 25.0 Å². The summed E-state index contributed by atoms with van der Waals surface area (Å²) in [7, 11) is 0. The van der Waals surface area contributed by atoms with E-state index in [2.05, 4.69) is 195 Å². The molecule has 244 valence electrons. The first kappa shape index (κ1) is 29.3. The lowest BCUT2D eigenvalue weighted by Gasteiger charge is -2.26. The van der Waals surface area contributed by atoms with E-state index in [0.29, 0.717) is 0 Å². The molecular formula is C51H35N. The highest BCUT2D eigenvalue weighted by molar-refractivity contribution is 6.26. The Labute approximate surface area is 303 Å². The predicted octanol–water partition coefficient (Wildman–Crippen LogP) is 14.3. The molecule has 0 saturated carbocycles. The Hall–Kier alpha value is -6.44. The number of anilines is 3. The molecule has 1 aliphatic rings. The lowest BCUT2D eigenvalue weighted by atomic mass is 9.79. The van der Waals surface area contributed by atoms with Gasteiger partial charge >= 0.3 is 0 Å². The van der Waals surface area contributed by atoms with Crippen LogP contribution in [0.2, 0.25) is 0 Å². The molecule has 0 bridgehead atoms. The number of benzene rings is 10. The van der Waals surface area contributed by atoms with Crippen molar-refractivity contribution in [3.8, 4) is 22.3 Å². The third-order valence-corrected chi connectivity index (χ3v) is 11.7. The van der Waals surface area contributed by atoms with Gasteiger partial charge in [0.15, 0.2) is 0 Å². The second-order valence-electron chi connectivity index (χ2n) is 15.0. The average molecular weight is 662 g/mol. The van der Waals surface area contributed by atoms with Gasteiger partial charge in [0.2, 0.25) is 0 Å². The number of para-hydroxylation sites is 2. The van der Waals surface area contributed by atoms with Crippen molar-refractivity contribution in [1.29, 1.82) is 0 Å². The Bertz CT molecular complexity index is 2950. The van der Waals surface area contributed by atoms with E-state index in [1.807, 2.05) is 0 Å². The minimum Gasteiger partial charge on any atom is -0.311 e. The minimum absolute atomic E-state index is 0.145. The van der Waals surface area contributed by atoms with Crippen LogP contribution in [0.25, 0.3) is 76.1 Å². The molecule has 0 aromatic heterocycles. The van der Waals surface area contributed by atoms with Gasteiger partial charge in [-0.05, 0) is 148 Å². The van der Waals surface area contributed by atoms with Crippen LogP contribution in [-0.4, -0.2) is 0 Å². The first-order chi connectivity index (χ1) is 25.5. The molecule has 0 radical (unpaired) electrons. The van der Waals surface area contributed by atoms with Crippen molar-refractivity contribution in [2.45, 2.75) is 19.3 Å². The Kier molecular flexibility index (Phi) is 6.08. The van der Waals surface area contributed by atoms with Crippen molar-refractivity contribution in [3.05, 3.63) is 187 Å². The Morgan fingerprint density at radius 1 is 0.346 bits per heavy atom. The molecule has 1 aliphatic carbocycles. The number of hydrogen-bond acceptors (Lipinski definition) is 1. The topological polar surface area (TPSA) is 3.24 Å². The van der Waals surface area contributed by atoms with Crippen LogP contribution in [0, 0.1) is 0 Å². The second-order valence-corrected chi connectivity index (χ2v) is 15.0. The van der Waals surface area contributed by atoms with Gasteiger partial charge in [-0.15, -0.1) is 0 Å². The zero-order valence-electron chi connectivity index (χ0n) is 29.2. The Morgan fingerprint density at radius 2 is 0.846 bits per heavy atom. The van der Waals surface area contributed by atoms with Gasteiger partial charge in [0, 0.05) is 22.5 Å². The van der Waals surface area contributed by atoms with Crippen molar-refractivity contribution in [2.75, 3.05) is 4.90 Å². The molecule has 0 heterocycles. The van der Waals surface area contributed by atoms with Crippen molar-refractivity contribution in [3.63, 3.8) is 0 Å². The highest BCUT2D eigenvalue weighted by Gasteiger charge is 2.35. The molecule has 1 heteroatoms. The van der Waals surface area contributed by atoms with Gasteiger partial charge in [-0.1, -0.05) is 129 Å². The maximum Gasteiger partial charge on any atom is 0.0462 e. The van der Waals surface area contributed by atoms with Crippen LogP contribution in [0.4, 0.5) is 17.1 Å². The third-order valence-electron chi connectivity index (χ3n) is 11.7. The zero-order chi connectivity index (χ0) is 34.6. The summed E-state index contributed by atoms with van der Waals surface area (Å²) in [6.07, 6.45) is 0. The van der Waals surface area contributed by atoms with E-state index in [0.717, 1.165) is 17.1 Å². The molecule has 0 atom stereocenters. The normalized spacial score (nSPS) is 13.3. The monoisotopic (exact) mass is 661 g/mol. The summed E-state index contributed by atoms with van der Waals surface area (Å²) < 4.78 is 0. The molecule has 0 fully saturated rings. The molecule has 52 heavy (non-hydrogen) atoms. The van der Waals surface area contributed by atoms with Crippen molar-refractivity contribution < 1.29 is 0 Å². The van der Waals surface area contributed by atoms with Crippen LogP contribution in [-0.2, 0) is 5.41 Å². The van der Waals surface area contributed by atoms with Crippen molar-refractivity contribution >= 4 is 70.9 Å². The van der Waals surface area contributed by atoms with Gasteiger partial charge < -0.3 is 4.90 Å². The molecule has 1 nitrogen and oxygen atoms in total. The number of hydrogen-bond donors (Lipinski definition) is 0. The fraction of sp³-hybridized carbons (Fsp3) is 0.0588. The first-order valence-corrected chi connectivity index (χ1v) is 18.3. The predicted molar refractivity (Wildman–Crippen MR) is 223 cm³/mol. The zero-order valence-corrected chi connectivity index (χ0v) is 29.2. The van der Waals surface area contributed by atoms with Gasteiger partial charge in [0.05, 0.1) is 0 Å². The highest BCUT2D eigenvalue weighted by Crippen LogP contribution is 2.52. The van der Waals surface area contributed by atoms with E-state index < -0.39 is 0 Å². The largest absolute Gasteiger partial charge is 0.311 e. The molecule has 0 amide bonds. The molecule has 0 N–H and O–H groups in total. The van der Waals surface area contributed by atoms with Crippen LogP contribution in [0.15, 0.2) is 176 Å². The summed E-state index contributed by atoms with van der Waals surface area (Å²) in [5, 5.41) is 13.4. The molecule has 0 spiro atoms. The summed E-state index contributed by atoms with van der Waals surface area (Å²) >= 11 is 0. The Balaban J connectivity index is 1.02. The summed E-state index contributed by atoms with van der Waals surface area (Å²) in [5.74, 6) is 0. The SMILES string of the molecule is CC1(C)c2cc(-c3ccc(N(c4ccccc4)c4ccccc4)cc3)cc3ccc4cc(-c5ccc6ccc7cccc8ccc5c6c78)cc1c4c23. The van der Waals surface area contributed by atoms with Gasteiger partial charge in [0.1, 0.15) is 0 Å². The maximum absolute atomic E-state index is 2.49. The average Bonchev–Trinajstić information content (AvgIpc) is 3.43. The highest BCUT2D eigenvalue weighted by atomic mass is 15.1. The van der Waals surface area contributed by atoms with E-state index in [9.17, 15) is 0 Å². The van der Waals surface area contributed by atoms with E-state index >= 15 is 0 Å². The maximum atomic E-state index is 2.49. The fourth-order valence-electron chi connectivity index (χ4n) is 9.17. The van der Waals surface area contributed by atoms with Gasteiger partial charge in [-0.3, -0.25) is 0 Å². The summed E-state index contributed by atoms with van der Waals surface area (Å²) in [4.78, 5) is 2.32. The molecule has 11 rings (SSSR count). The smallest absolute Gasteiger partial charge is 0.0462 e. The number of nitrogens with zero attached hydrogens (tertiary/aromatic N) is 1. The van der Waals surface area contributed by atoms with Gasteiger partial charge in [-0.25, -0.2) is 0 Å². The summed E-state index contributed by atoms with van der Waals surface area (Å²) in [6, 6.07) is 65.2. The van der Waals surface area contributed by atoms with Crippen LogP contribution in [0.5, 0.6) is 0 Å². The van der Waals surface area contributed by atoms with E-state index in [-0.39, 0.29) is 5.41 Å². The number of rotatable bonds is 5. The quantitative estimate of drug-likeness (QED) is 0.166. The van der Waals surface area contributed by atoms with Crippen molar-refractivity contribution in [1.82, 2.24) is 0 Å². The molecule has 10 aromatic carbocycles. The van der Waals surface area contributed by atoms with Gasteiger partial charge in [0.25, 0.3) is 0 Å². The summed E-state index contributed by atoms with van der Waals surface area (Å²) in [6.45, 7) is 4.82. The minimum atomic E-state index is -0.145. The lowest BCUT2D eigenvalue weighted by molar-refractivity contribution is 0.663. The summed E-state index contributed by atoms with van der Waals surface area (Å²) in [5.41, 5.74) is 11.2. The van der Waals surface area contributed by atoms with Crippen molar-refractivity contribution in [2.24, 2.45) is 0 Å². The van der Waals surface area contributed by atoms with Crippen LogP contribution in [0.3, 0.4) is 0 Å². The lowest BCUT2D eigenvalue weighted by Crippen LogP contribution is -2.15. The Morgan fingerprint density at radius 3 is 1.48 bits per heavy atom. The molecule has 0 saturated heterocycles. The van der Waals surface area contributed by atoms with Gasteiger partial charge in [-0.2, -0.15) is 0 Å². The van der Waals surface area contributed by atoms with E-state index in [1.165, 1.54) is 87.2 Å². The molecule has 0 aliphatic heterocycles. The van der Waals surface area contributed by atoms with Crippen LogP contribution < -0.4 is 4.90 Å². The third kappa shape index (κ3) is 4.17. The molecule has 10 aromatic rings.